The zero-order valence-corrected chi connectivity index (χ0v) is 8.90. The molecule has 0 bridgehead atoms. The van der Waals surface area contributed by atoms with E-state index in [-0.39, 0.29) is 12.2 Å². The van der Waals surface area contributed by atoms with Crippen molar-refractivity contribution in [1.29, 1.82) is 0 Å². The summed E-state index contributed by atoms with van der Waals surface area (Å²) in [6, 6.07) is 7.51. The number of rotatable bonds is 5. The van der Waals surface area contributed by atoms with Crippen molar-refractivity contribution in [1.82, 2.24) is 0 Å². The molecule has 1 N–H and O–H groups in total. The van der Waals surface area contributed by atoms with E-state index in [0.29, 0.717) is 6.61 Å². The average molecular weight is 208 g/mol. The van der Waals surface area contributed by atoms with E-state index in [9.17, 15) is 0 Å². The Kier molecular flexibility index (Phi) is 2.82. The molecule has 0 radical (unpaired) electrons. The van der Waals surface area contributed by atoms with Crippen LogP contribution in [0, 0.1) is 0 Å². The molecular formula is C12H16O3. The van der Waals surface area contributed by atoms with Crippen LogP contribution < -0.4 is 9.47 Å². The van der Waals surface area contributed by atoms with Gasteiger partial charge in [0, 0.05) is 0 Å². The van der Waals surface area contributed by atoms with Gasteiger partial charge in [0.25, 0.3) is 0 Å². The van der Waals surface area contributed by atoms with Crippen molar-refractivity contribution in [2.24, 2.45) is 0 Å². The highest BCUT2D eigenvalue weighted by atomic mass is 16.5. The van der Waals surface area contributed by atoms with Crippen LogP contribution in [0.2, 0.25) is 0 Å². The van der Waals surface area contributed by atoms with Gasteiger partial charge in [-0.05, 0) is 44.0 Å². The number of hydrogen-bond donors (Lipinski definition) is 1. The van der Waals surface area contributed by atoms with Crippen LogP contribution in [0.4, 0.5) is 0 Å². The molecule has 82 valence electrons. The van der Waals surface area contributed by atoms with Crippen molar-refractivity contribution in [3.63, 3.8) is 0 Å². The van der Waals surface area contributed by atoms with Gasteiger partial charge in [-0.3, -0.25) is 0 Å². The van der Waals surface area contributed by atoms with Crippen LogP contribution in [-0.4, -0.2) is 23.9 Å². The third-order valence-corrected chi connectivity index (χ3v) is 2.56. The van der Waals surface area contributed by atoms with Crippen LogP contribution in [0.25, 0.3) is 0 Å². The Morgan fingerprint density at radius 3 is 2.27 bits per heavy atom. The van der Waals surface area contributed by atoms with Gasteiger partial charge in [0.1, 0.15) is 17.1 Å². The molecule has 0 spiro atoms. The van der Waals surface area contributed by atoms with Gasteiger partial charge < -0.3 is 14.6 Å². The second kappa shape index (κ2) is 4.11. The summed E-state index contributed by atoms with van der Waals surface area (Å²) in [6.07, 6.45) is 1.88. The maximum atomic E-state index is 9.11. The maximum Gasteiger partial charge on any atom is 0.132 e. The zero-order chi connectivity index (χ0) is 10.7. The van der Waals surface area contributed by atoms with Crippen molar-refractivity contribution < 1.29 is 14.6 Å². The molecule has 0 atom stereocenters. The van der Waals surface area contributed by atoms with E-state index in [0.717, 1.165) is 24.3 Å². The number of hydrogen-bond acceptors (Lipinski definition) is 3. The van der Waals surface area contributed by atoms with E-state index >= 15 is 0 Å². The molecule has 15 heavy (non-hydrogen) atoms. The second-order valence-electron chi connectivity index (χ2n) is 3.85. The molecule has 0 unspecified atom stereocenters. The van der Waals surface area contributed by atoms with Gasteiger partial charge in [0.05, 0.1) is 13.2 Å². The third-order valence-electron chi connectivity index (χ3n) is 2.56. The highest BCUT2D eigenvalue weighted by Crippen LogP contribution is 2.39. The fourth-order valence-electron chi connectivity index (χ4n) is 1.45. The van der Waals surface area contributed by atoms with E-state index in [2.05, 4.69) is 0 Å². The monoisotopic (exact) mass is 208 g/mol. The summed E-state index contributed by atoms with van der Waals surface area (Å²) in [6.45, 7) is 2.72. The highest BCUT2D eigenvalue weighted by Gasteiger charge is 2.44. The minimum Gasteiger partial charge on any atom is -0.494 e. The van der Waals surface area contributed by atoms with Gasteiger partial charge in [-0.2, -0.15) is 0 Å². The Hall–Kier alpha value is -1.22. The number of aliphatic hydroxyl groups excluding tert-OH is 1. The molecule has 1 fully saturated rings. The summed E-state index contributed by atoms with van der Waals surface area (Å²) in [5.74, 6) is 1.64. The summed E-state index contributed by atoms with van der Waals surface area (Å²) in [5.41, 5.74) is -0.298. The van der Waals surface area contributed by atoms with E-state index in [4.69, 9.17) is 14.6 Å². The molecule has 0 aromatic heterocycles. The Morgan fingerprint density at radius 2 is 1.80 bits per heavy atom. The van der Waals surface area contributed by atoms with Crippen LogP contribution in [0.5, 0.6) is 11.5 Å². The molecule has 0 saturated heterocycles. The van der Waals surface area contributed by atoms with Crippen LogP contribution >= 0.6 is 0 Å². The third kappa shape index (κ3) is 2.42. The van der Waals surface area contributed by atoms with Crippen LogP contribution in [0.15, 0.2) is 24.3 Å². The maximum absolute atomic E-state index is 9.11. The molecule has 3 heteroatoms. The SMILES string of the molecule is CCOc1ccc(OC2(CO)CC2)cc1. The first-order valence-corrected chi connectivity index (χ1v) is 5.31. The number of aliphatic hydroxyl groups is 1. The van der Waals surface area contributed by atoms with Crippen LogP contribution in [-0.2, 0) is 0 Å². The lowest BCUT2D eigenvalue weighted by molar-refractivity contribution is 0.0953. The molecule has 0 amide bonds. The van der Waals surface area contributed by atoms with Crippen molar-refractivity contribution in [3.8, 4) is 11.5 Å². The smallest absolute Gasteiger partial charge is 0.132 e. The van der Waals surface area contributed by atoms with Gasteiger partial charge in [-0.25, -0.2) is 0 Å². The van der Waals surface area contributed by atoms with E-state index in [1.54, 1.807) is 0 Å². The molecule has 3 nitrogen and oxygen atoms in total. The largest absolute Gasteiger partial charge is 0.494 e. The molecule has 1 saturated carbocycles. The van der Waals surface area contributed by atoms with Gasteiger partial charge in [-0.15, -0.1) is 0 Å². The molecule has 1 aromatic carbocycles. The zero-order valence-electron chi connectivity index (χ0n) is 8.90. The molecule has 1 aromatic rings. The normalized spacial score (nSPS) is 17.2. The Morgan fingerprint density at radius 1 is 1.20 bits per heavy atom. The topological polar surface area (TPSA) is 38.7 Å². The Labute approximate surface area is 89.6 Å². The minimum absolute atomic E-state index is 0.0974. The first-order valence-electron chi connectivity index (χ1n) is 5.31. The molecule has 1 aliphatic carbocycles. The van der Waals surface area contributed by atoms with E-state index < -0.39 is 0 Å². The predicted molar refractivity (Wildman–Crippen MR) is 57.3 cm³/mol. The molecule has 0 heterocycles. The Bertz CT molecular complexity index is 314. The fraction of sp³-hybridized carbons (Fsp3) is 0.500. The summed E-state index contributed by atoms with van der Waals surface area (Å²) in [5, 5.41) is 9.11. The van der Waals surface area contributed by atoms with E-state index in [1.165, 1.54) is 0 Å². The number of benzene rings is 1. The second-order valence-corrected chi connectivity index (χ2v) is 3.85. The average Bonchev–Trinajstić information content (AvgIpc) is 3.02. The van der Waals surface area contributed by atoms with Crippen LogP contribution in [0.3, 0.4) is 0 Å². The van der Waals surface area contributed by atoms with Crippen molar-refractivity contribution >= 4 is 0 Å². The highest BCUT2D eigenvalue weighted by molar-refractivity contribution is 5.32. The Balaban J connectivity index is 1.98. The lowest BCUT2D eigenvalue weighted by Crippen LogP contribution is -2.22. The van der Waals surface area contributed by atoms with Crippen molar-refractivity contribution in [3.05, 3.63) is 24.3 Å². The van der Waals surface area contributed by atoms with Gasteiger partial charge >= 0.3 is 0 Å². The summed E-state index contributed by atoms with van der Waals surface area (Å²) in [7, 11) is 0. The fourth-order valence-corrected chi connectivity index (χ4v) is 1.45. The standard InChI is InChI=1S/C12H16O3/c1-2-14-10-3-5-11(6-4-10)15-12(9-13)7-8-12/h3-6,13H,2,7-9H2,1H3. The summed E-state index contributed by atoms with van der Waals surface area (Å²) < 4.78 is 11.0. The molecule has 1 aliphatic rings. The van der Waals surface area contributed by atoms with Crippen LogP contribution in [0.1, 0.15) is 19.8 Å². The van der Waals surface area contributed by atoms with Gasteiger partial charge in [0.2, 0.25) is 0 Å². The van der Waals surface area contributed by atoms with Gasteiger partial charge in [-0.1, -0.05) is 0 Å². The van der Waals surface area contributed by atoms with Crippen molar-refractivity contribution in [2.75, 3.05) is 13.2 Å². The quantitative estimate of drug-likeness (QED) is 0.804. The predicted octanol–water partition coefficient (Wildman–Crippen LogP) is 1.99. The lowest BCUT2D eigenvalue weighted by Gasteiger charge is -2.15. The number of ether oxygens (including phenoxy) is 2. The molecule has 0 aliphatic heterocycles. The summed E-state index contributed by atoms with van der Waals surface area (Å²) in [4.78, 5) is 0. The molecular weight excluding hydrogens is 192 g/mol. The first-order chi connectivity index (χ1) is 7.28. The first kappa shape index (κ1) is 10.3. The summed E-state index contributed by atoms with van der Waals surface area (Å²) >= 11 is 0. The lowest BCUT2D eigenvalue weighted by atomic mass is 10.3. The van der Waals surface area contributed by atoms with Gasteiger partial charge in [0.15, 0.2) is 0 Å². The van der Waals surface area contributed by atoms with Crippen molar-refractivity contribution in [2.45, 2.75) is 25.4 Å². The molecule has 2 rings (SSSR count). The minimum atomic E-state index is -0.298. The van der Waals surface area contributed by atoms with E-state index in [1.807, 2.05) is 31.2 Å².